The van der Waals surface area contributed by atoms with Gasteiger partial charge in [0.25, 0.3) is 0 Å². The van der Waals surface area contributed by atoms with Gasteiger partial charge in [0, 0.05) is 6.04 Å². The molecule has 4 atom stereocenters. The van der Waals surface area contributed by atoms with E-state index in [-0.39, 0.29) is 6.04 Å². The maximum absolute atomic E-state index is 14.2. The predicted octanol–water partition coefficient (Wildman–Crippen LogP) is 3.29. The summed E-state index contributed by atoms with van der Waals surface area (Å²) >= 11 is 0. The summed E-state index contributed by atoms with van der Waals surface area (Å²) in [6.45, 7) is 3.27. The van der Waals surface area contributed by atoms with Crippen LogP contribution in [-0.4, -0.2) is 18.8 Å². The molecule has 0 spiro atoms. The molecule has 1 saturated heterocycles. The first-order valence-corrected chi connectivity index (χ1v) is 6.68. The Bertz CT molecular complexity index is 189. The van der Waals surface area contributed by atoms with Crippen molar-refractivity contribution in [2.24, 2.45) is 11.8 Å². The van der Waals surface area contributed by atoms with Crippen LogP contribution in [0.5, 0.6) is 0 Å². The van der Waals surface area contributed by atoms with Crippen LogP contribution in [-0.2, 0) is 0 Å². The molecule has 2 rings (SSSR count). The highest BCUT2D eigenvalue weighted by Crippen LogP contribution is 2.36. The number of rotatable bonds is 3. The molecule has 2 heteroatoms. The van der Waals surface area contributed by atoms with Gasteiger partial charge < -0.3 is 5.32 Å². The molecule has 88 valence electrons. The fourth-order valence-electron chi connectivity index (χ4n) is 3.30. The largest absolute Gasteiger partial charge is 0.311 e. The Labute approximate surface area is 92.8 Å². The molecule has 0 aromatic heterocycles. The summed E-state index contributed by atoms with van der Waals surface area (Å²) in [5, 5.41) is 3.31. The highest BCUT2D eigenvalue weighted by Gasteiger charge is 2.34. The zero-order chi connectivity index (χ0) is 10.7. The third-order valence-corrected chi connectivity index (χ3v) is 4.33. The van der Waals surface area contributed by atoms with E-state index in [0.29, 0.717) is 5.92 Å². The number of hydrogen-bond acceptors (Lipinski definition) is 1. The molecule has 1 aliphatic carbocycles. The van der Waals surface area contributed by atoms with Crippen LogP contribution >= 0.6 is 0 Å². The lowest BCUT2D eigenvalue weighted by Gasteiger charge is -2.33. The molecule has 2 aliphatic rings. The first kappa shape index (κ1) is 11.4. The van der Waals surface area contributed by atoms with Gasteiger partial charge in [0.15, 0.2) is 0 Å². The topological polar surface area (TPSA) is 12.0 Å². The van der Waals surface area contributed by atoms with Gasteiger partial charge in [-0.3, -0.25) is 0 Å². The van der Waals surface area contributed by atoms with E-state index in [2.05, 4.69) is 12.2 Å². The van der Waals surface area contributed by atoms with Crippen LogP contribution in [0.15, 0.2) is 0 Å². The Kier molecular flexibility index (Phi) is 4.01. The van der Waals surface area contributed by atoms with Crippen molar-refractivity contribution in [2.75, 3.05) is 6.54 Å². The lowest BCUT2D eigenvalue weighted by atomic mass is 9.76. The van der Waals surface area contributed by atoms with Crippen LogP contribution in [0.3, 0.4) is 0 Å². The quantitative estimate of drug-likeness (QED) is 0.758. The number of nitrogens with one attached hydrogen (secondary N) is 1. The normalized spacial score (nSPS) is 39.2. The minimum absolute atomic E-state index is 0.172. The van der Waals surface area contributed by atoms with Crippen LogP contribution in [0, 0.1) is 11.8 Å². The second kappa shape index (κ2) is 5.29. The van der Waals surface area contributed by atoms with Crippen molar-refractivity contribution in [3.8, 4) is 0 Å². The predicted molar refractivity (Wildman–Crippen MR) is 61.7 cm³/mol. The van der Waals surface area contributed by atoms with Crippen molar-refractivity contribution in [1.29, 1.82) is 0 Å². The molecule has 0 aromatic rings. The first-order chi connectivity index (χ1) is 7.31. The second-order valence-corrected chi connectivity index (χ2v) is 5.35. The molecule has 0 aromatic carbocycles. The average molecular weight is 213 g/mol. The fraction of sp³-hybridized carbons (Fsp3) is 1.00. The van der Waals surface area contributed by atoms with Gasteiger partial charge in [0.2, 0.25) is 0 Å². The summed E-state index contributed by atoms with van der Waals surface area (Å²) in [5.74, 6) is 1.14. The lowest BCUT2D eigenvalue weighted by Crippen LogP contribution is -2.38. The smallest absolute Gasteiger partial charge is 0.118 e. The molecule has 4 unspecified atom stereocenters. The zero-order valence-corrected chi connectivity index (χ0v) is 9.84. The molecule has 0 amide bonds. The first-order valence-electron chi connectivity index (χ1n) is 6.68. The molecule has 15 heavy (non-hydrogen) atoms. The summed E-state index contributed by atoms with van der Waals surface area (Å²) in [4.78, 5) is 0. The summed E-state index contributed by atoms with van der Waals surface area (Å²) < 4.78 is 14.2. The molecule has 1 N–H and O–H groups in total. The molecular weight excluding hydrogens is 189 g/mol. The van der Waals surface area contributed by atoms with Crippen molar-refractivity contribution in [3.05, 3.63) is 0 Å². The molecule has 2 fully saturated rings. The summed E-state index contributed by atoms with van der Waals surface area (Å²) in [6, 6.07) is 0.172. The van der Waals surface area contributed by atoms with Crippen molar-refractivity contribution >= 4 is 0 Å². The molecule has 1 saturated carbocycles. The van der Waals surface area contributed by atoms with Crippen LogP contribution in [0.1, 0.15) is 51.9 Å². The molecule has 1 nitrogen and oxygen atoms in total. The van der Waals surface area contributed by atoms with E-state index < -0.39 is 6.17 Å². The number of hydrogen-bond donors (Lipinski definition) is 1. The Morgan fingerprint density at radius 2 is 2.13 bits per heavy atom. The van der Waals surface area contributed by atoms with Crippen molar-refractivity contribution in [2.45, 2.75) is 64.1 Å². The van der Waals surface area contributed by atoms with Crippen LogP contribution in [0.4, 0.5) is 4.39 Å². The van der Waals surface area contributed by atoms with Crippen molar-refractivity contribution < 1.29 is 4.39 Å². The van der Waals surface area contributed by atoms with E-state index in [9.17, 15) is 4.39 Å². The van der Waals surface area contributed by atoms with Gasteiger partial charge in [-0.2, -0.15) is 0 Å². The van der Waals surface area contributed by atoms with Crippen molar-refractivity contribution in [1.82, 2.24) is 5.32 Å². The van der Waals surface area contributed by atoms with E-state index in [4.69, 9.17) is 0 Å². The standard InChI is InChI=1S/C13H24FN/c1-2-10-5-3-6-11(9-10)13(14)12-7-4-8-15-12/h10-13,15H,2-9H2,1H3. The van der Waals surface area contributed by atoms with Gasteiger partial charge in [-0.25, -0.2) is 4.39 Å². The highest BCUT2D eigenvalue weighted by molar-refractivity contribution is 4.88. The summed E-state index contributed by atoms with van der Waals surface area (Å²) in [5.41, 5.74) is 0. The van der Waals surface area contributed by atoms with Gasteiger partial charge in [0.05, 0.1) is 0 Å². The van der Waals surface area contributed by atoms with E-state index in [1.807, 2.05) is 0 Å². The van der Waals surface area contributed by atoms with Crippen LogP contribution < -0.4 is 5.32 Å². The summed E-state index contributed by atoms with van der Waals surface area (Å²) in [7, 11) is 0. The second-order valence-electron chi connectivity index (χ2n) is 5.35. The Balaban J connectivity index is 1.85. The van der Waals surface area contributed by atoms with Gasteiger partial charge >= 0.3 is 0 Å². The molecular formula is C13H24FN. The monoisotopic (exact) mass is 213 g/mol. The van der Waals surface area contributed by atoms with Gasteiger partial charge in [0.1, 0.15) is 6.17 Å². The third-order valence-electron chi connectivity index (χ3n) is 4.33. The average Bonchev–Trinajstić information content (AvgIpc) is 2.81. The maximum Gasteiger partial charge on any atom is 0.118 e. The molecule has 1 aliphatic heterocycles. The van der Waals surface area contributed by atoms with E-state index in [1.54, 1.807) is 0 Å². The van der Waals surface area contributed by atoms with Crippen LogP contribution in [0.25, 0.3) is 0 Å². The molecule has 0 bridgehead atoms. The van der Waals surface area contributed by atoms with Crippen LogP contribution in [0.2, 0.25) is 0 Å². The third kappa shape index (κ3) is 2.72. The Morgan fingerprint density at radius 3 is 2.80 bits per heavy atom. The van der Waals surface area contributed by atoms with E-state index >= 15 is 0 Å². The number of halogens is 1. The molecule has 0 radical (unpaired) electrons. The van der Waals surface area contributed by atoms with Crippen molar-refractivity contribution in [3.63, 3.8) is 0 Å². The SMILES string of the molecule is CCC1CCCC(C(F)C2CCCN2)C1. The fourth-order valence-corrected chi connectivity index (χ4v) is 3.30. The Hall–Kier alpha value is -0.110. The Morgan fingerprint density at radius 1 is 1.27 bits per heavy atom. The summed E-state index contributed by atoms with van der Waals surface area (Å²) in [6.07, 6.45) is 7.70. The van der Waals surface area contributed by atoms with E-state index in [1.165, 1.54) is 19.3 Å². The van der Waals surface area contributed by atoms with Gasteiger partial charge in [-0.15, -0.1) is 0 Å². The molecule has 1 heterocycles. The lowest BCUT2D eigenvalue weighted by molar-refractivity contribution is 0.118. The minimum atomic E-state index is -0.582. The van der Waals surface area contributed by atoms with Gasteiger partial charge in [-0.1, -0.05) is 26.2 Å². The van der Waals surface area contributed by atoms with E-state index in [0.717, 1.165) is 38.1 Å². The minimum Gasteiger partial charge on any atom is -0.311 e. The van der Waals surface area contributed by atoms with Gasteiger partial charge in [-0.05, 0) is 44.1 Å². The maximum atomic E-state index is 14.2. The number of alkyl halides is 1. The zero-order valence-electron chi connectivity index (χ0n) is 9.84. The highest BCUT2D eigenvalue weighted by atomic mass is 19.1.